The normalized spacial score (nSPS) is 14.7. The van der Waals surface area contributed by atoms with Crippen molar-refractivity contribution >= 4 is 45.3 Å². The van der Waals surface area contributed by atoms with Crippen LogP contribution in [0.25, 0.3) is 0 Å². The summed E-state index contributed by atoms with van der Waals surface area (Å²) in [7, 11) is 0. The highest BCUT2D eigenvalue weighted by atomic mass is 79.9. The number of carboxylic acid groups (broad SMARTS) is 1. The molecule has 0 unspecified atom stereocenters. The van der Waals surface area contributed by atoms with Crippen LogP contribution in [0.5, 0.6) is 0 Å². The van der Waals surface area contributed by atoms with E-state index in [2.05, 4.69) is 15.9 Å². The minimum Gasteiger partial charge on any atom is -0.480 e. The van der Waals surface area contributed by atoms with E-state index in [9.17, 15) is 19.5 Å². The molecule has 0 aliphatic carbocycles. The first-order valence-corrected chi connectivity index (χ1v) is 8.21. The quantitative estimate of drug-likeness (QED) is 0.787. The average Bonchev–Trinajstić information content (AvgIpc) is 2.80. The standard InChI is InChI=1S/C17H11BrClNO4/c18-12-6-5-9(7-13(12)19)8-14(17(23)24)20-15(21)10-3-1-2-4-11(10)16(20)22/h1-7,14H,8H2,(H,23,24)/t14-/m0/s1. The molecule has 0 aromatic heterocycles. The van der Waals surface area contributed by atoms with Gasteiger partial charge < -0.3 is 5.11 Å². The average molecular weight is 409 g/mol. The van der Waals surface area contributed by atoms with Crippen LogP contribution in [0.2, 0.25) is 5.02 Å². The summed E-state index contributed by atoms with van der Waals surface area (Å²) >= 11 is 9.29. The van der Waals surface area contributed by atoms with Gasteiger partial charge in [0.05, 0.1) is 16.1 Å². The molecule has 1 N–H and O–H groups in total. The van der Waals surface area contributed by atoms with Gasteiger partial charge in [0.1, 0.15) is 6.04 Å². The van der Waals surface area contributed by atoms with Crippen molar-refractivity contribution in [2.45, 2.75) is 12.5 Å². The largest absolute Gasteiger partial charge is 0.480 e. The van der Waals surface area contributed by atoms with Crippen LogP contribution in [0.15, 0.2) is 46.9 Å². The first kappa shape index (κ1) is 16.7. The minimum atomic E-state index is -1.30. The second kappa shape index (κ2) is 6.37. The number of rotatable bonds is 4. The zero-order valence-electron chi connectivity index (χ0n) is 12.2. The molecule has 0 bridgehead atoms. The third-order valence-electron chi connectivity index (χ3n) is 3.84. The summed E-state index contributed by atoms with van der Waals surface area (Å²) < 4.78 is 0.681. The Morgan fingerprint density at radius 1 is 1.12 bits per heavy atom. The van der Waals surface area contributed by atoms with Gasteiger partial charge in [0.2, 0.25) is 0 Å². The molecular weight excluding hydrogens is 398 g/mol. The highest BCUT2D eigenvalue weighted by molar-refractivity contribution is 9.10. The number of carbonyl (C=O) groups is 3. The Morgan fingerprint density at radius 2 is 1.71 bits per heavy atom. The molecule has 24 heavy (non-hydrogen) atoms. The van der Waals surface area contributed by atoms with Crippen LogP contribution in [-0.4, -0.2) is 33.8 Å². The number of amides is 2. The highest BCUT2D eigenvalue weighted by Crippen LogP contribution is 2.28. The van der Waals surface area contributed by atoms with E-state index in [0.29, 0.717) is 15.1 Å². The molecule has 1 heterocycles. The lowest BCUT2D eigenvalue weighted by Gasteiger charge is -2.22. The number of benzene rings is 2. The number of nitrogens with zero attached hydrogens (tertiary/aromatic N) is 1. The molecule has 2 aromatic rings. The molecule has 0 spiro atoms. The van der Waals surface area contributed by atoms with Gasteiger partial charge in [0.25, 0.3) is 11.8 Å². The van der Waals surface area contributed by atoms with E-state index >= 15 is 0 Å². The van der Waals surface area contributed by atoms with E-state index in [1.54, 1.807) is 30.3 Å². The van der Waals surface area contributed by atoms with Crippen molar-refractivity contribution in [3.63, 3.8) is 0 Å². The summed E-state index contributed by atoms with van der Waals surface area (Å²) in [5.74, 6) is -2.43. The third kappa shape index (κ3) is 2.83. The summed E-state index contributed by atoms with van der Waals surface area (Å²) in [6.45, 7) is 0. The first-order chi connectivity index (χ1) is 11.4. The van der Waals surface area contributed by atoms with Gasteiger partial charge in [-0.15, -0.1) is 0 Å². The lowest BCUT2D eigenvalue weighted by molar-refractivity contribution is -0.141. The third-order valence-corrected chi connectivity index (χ3v) is 5.07. The Labute approximate surface area is 151 Å². The minimum absolute atomic E-state index is 0.0200. The van der Waals surface area contributed by atoms with Crippen LogP contribution in [-0.2, 0) is 11.2 Å². The summed E-state index contributed by atoms with van der Waals surface area (Å²) in [5, 5.41) is 9.97. The Bertz CT molecular complexity index is 832. The number of carboxylic acids is 1. The molecule has 0 radical (unpaired) electrons. The van der Waals surface area contributed by atoms with Crippen LogP contribution >= 0.6 is 27.5 Å². The fourth-order valence-corrected chi connectivity index (χ4v) is 3.12. The van der Waals surface area contributed by atoms with Crippen molar-refractivity contribution in [3.8, 4) is 0 Å². The Hall–Kier alpha value is -2.18. The van der Waals surface area contributed by atoms with Gasteiger partial charge in [-0.25, -0.2) is 4.79 Å². The highest BCUT2D eigenvalue weighted by Gasteiger charge is 2.42. The zero-order valence-corrected chi connectivity index (χ0v) is 14.5. The zero-order chi connectivity index (χ0) is 17.4. The van der Waals surface area contributed by atoms with E-state index < -0.39 is 23.8 Å². The summed E-state index contributed by atoms with van der Waals surface area (Å²) in [6.07, 6.45) is -0.0200. The molecule has 2 aromatic carbocycles. The second-order valence-corrected chi connectivity index (χ2v) is 6.59. The molecule has 5 nitrogen and oxygen atoms in total. The predicted octanol–water partition coefficient (Wildman–Crippen LogP) is 3.39. The topological polar surface area (TPSA) is 74.7 Å². The maximum Gasteiger partial charge on any atom is 0.327 e. The van der Waals surface area contributed by atoms with Gasteiger partial charge >= 0.3 is 5.97 Å². The Morgan fingerprint density at radius 3 is 2.21 bits per heavy atom. The van der Waals surface area contributed by atoms with Crippen molar-refractivity contribution in [2.75, 3.05) is 0 Å². The number of aliphatic carboxylic acids is 1. The smallest absolute Gasteiger partial charge is 0.327 e. The molecule has 3 rings (SSSR count). The summed E-state index contributed by atoms with van der Waals surface area (Å²) in [4.78, 5) is 37.5. The number of hydrogen-bond acceptors (Lipinski definition) is 3. The van der Waals surface area contributed by atoms with Crippen molar-refractivity contribution in [1.82, 2.24) is 4.90 Å². The maximum absolute atomic E-state index is 12.5. The van der Waals surface area contributed by atoms with Gasteiger partial charge in [0.15, 0.2) is 0 Å². The summed E-state index contributed by atoms with van der Waals surface area (Å²) in [5.41, 5.74) is 1.07. The van der Waals surface area contributed by atoms with Crippen molar-refractivity contribution < 1.29 is 19.5 Å². The van der Waals surface area contributed by atoms with Gasteiger partial charge in [-0.3, -0.25) is 14.5 Å². The van der Waals surface area contributed by atoms with Gasteiger partial charge in [-0.05, 0) is 45.8 Å². The van der Waals surface area contributed by atoms with Gasteiger partial charge in [-0.2, -0.15) is 0 Å². The Balaban J connectivity index is 1.95. The number of carbonyl (C=O) groups excluding carboxylic acids is 2. The Kier molecular flexibility index (Phi) is 4.43. The SMILES string of the molecule is O=C(O)[C@H](Cc1ccc(Br)c(Cl)c1)N1C(=O)c2ccccc2C1=O. The number of imide groups is 1. The molecule has 0 fully saturated rings. The molecular formula is C17H11BrClNO4. The van der Waals surface area contributed by atoms with E-state index in [1.165, 1.54) is 12.1 Å². The molecule has 122 valence electrons. The molecule has 1 atom stereocenters. The molecule has 1 aliphatic heterocycles. The van der Waals surface area contributed by atoms with Crippen LogP contribution < -0.4 is 0 Å². The van der Waals surface area contributed by atoms with E-state index in [1.807, 2.05) is 0 Å². The van der Waals surface area contributed by atoms with Crippen LogP contribution in [0.4, 0.5) is 0 Å². The monoisotopic (exact) mass is 407 g/mol. The van der Waals surface area contributed by atoms with Crippen LogP contribution in [0.1, 0.15) is 26.3 Å². The molecule has 2 amide bonds. The lowest BCUT2D eigenvalue weighted by Crippen LogP contribution is -2.46. The fourth-order valence-electron chi connectivity index (χ4n) is 2.67. The van der Waals surface area contributed by atoms with Crippen LogP contribution in [0, 0.1) is 0 Å². The number of hydrogen-bond donors (Lipinski definition) is 1. The van der Waals surface area contributed by atoms with E-state index in [4.69, 9.17) is 11.6 Å². The van der Waals surface area contributed by atoms with Crippen LogP contribution in [0.3, 0.4) is 0 Å². The van der Waals surface area contributed by atoms with Gasteiger partial charge in [-0.1, -0.05) is 29.8 Å². The molecule has 1 aliphatic rings. The molecule has 7 heteroatoms. The number of fused-ring (bicyclic) bond motifs is 1. The summed E-state index contributed by atoms with van der Waals surface area (Å²) in [6, 6.07) is 10.0. The molecule has 0 saturated carbocycles. The van der Waals surface area contributed by atoms with E-state index in [0.717, 1.165) is 4.90 Å². The first-order valence-electron chi connectivity index (χ1n) is 7.04. The van der Waals surface area contributed by atoms with Crippen molar-refractivity contribution in [3.05, 3.63) is 68.7 Å². The maximum atomic E-state index is 12.5. The fraction of sp³-hybridized carbons (Fsp3) is 0.118. The van der Waals surface area contributed by atoms with E-state index in [-0.39, 0.29) is 17.5 Å². The van der Waals surface area contributed by atoms with Crippen molar-refractivity contribution in [2.24, 2.45) is 0 Å². The lowest BCUT2D eigenvalue weighted by atomic mass is 10.0. The predicted molar refractivity (Wildman–Crippen MR) is 91.2 cm³/mol. The second-order valence-electron chi connectivity index (χ2n) is 5.33. The van der Waals surface area contributed by atoms with Crippen molar-refractivity contribution in [1.29, 1.82) is 0 Å². The van der Waals surface area contributed by atoms with Gasteiger partial charge in [0, 0.05) is 10.9 Å². The molecule has 0 saturated heterocycles. The number of halogens is 2.